The number of phenolic OH excluding ortho intramolecular Hbond substituents is 2. The fourth-order valence-electron chi connectivity index (χ4n) is 8.49. The summed E-state index contributed by atoms with van der Waals surface area (Å²) in [6, 6.07) is 22.4. The molecule has 0 saturated heterocycles. The Balaban J connectivity index is 1.27. The molecule has 1 aliphatic rings. The Hall–Kier alpha value is -6.77. The van der Waals surface area contributed by atoms with Crippen LogP contribution < -0.4 is 11.1 Å². The molecule has 2 heterocycles. The Kier molecular flexibility index (Phi) is 16.8. The molecule has 0 saturated carbocycles. The summed E-state index contributed by atoms with van der Waals surface area (Å²) in [5.41, 5.74) is 9.76. The van der Waals surface area contributed by atoms with Crippen LogP contribution in [-0.4, -0.2) is 85.7 Å². The van der Waals surface area contributed by atoms with Crippen molar-refractivity contribution >= 4 is 52.3 Å². The van der Waals surface area contributed by atoms with Gasteiger partial charge in [-0.15, -0.1) is 0 Å². The number of hydrogen-bond acceptors (Lipinski definition) is 11. The standard InChI is InChI=1S/C52H56ClN5O9/c1-30(50(65)45(61)20-17-39-21-23-55-57-39)24-47(63)42-27-32-7-18-43(59)40(26-32)41-28-36(14-19-44(41)60)49(48(64)25-31(2)51(66)56-42)58(3)52(67)37(6-4-5-22-54)29-46(62)35-10-8-33(9-11-35)34-12-15-38(53)16-13-34/h7-16,18-19,21,23,26,28,30-31,37,42,49,59-60H,4-6,17,20,22,24-25,27,29,54H2,1-3H3,(H,55,57)(H,56,66)/t30-,31-,37-,42+,49+/m1/s1. The second-order valence-corrected chi connectivity index (χ2v) is 17.9. The van der Waals surface area contributed by atoms with Crippen LogP contribution in [-0.2, 0) is 41.6 Å². The van der Waals surface area contributed by atoms with E-state index in [1.165, 1.54) is 56.3 Å². The minimum atomic E-state index is -1.31. The molecule has 6 rings (SSSR count). The molecule has 14 nitrogen and oxygen atoms in total. The molecular formula is C52H56ClN5O9. The van der Waals surface area contributed by atoms with E-state index in [0.29, 0.717) is 53.2 Å². The first-order valence-electron chi connectivity index (χ1n) is 22.5. The number of H-pyrrole nitrogens is 1. The smallest absolute Gasteiger partial charge is 0.226 e. The lowest BCUT2D eigenvalue weighted by Crippen LogP contribution is -2.46. The number of aromatic hydroxyl groups is 2. The van der Waals surface area contributed by atoms with E-state index in [0.717, 1.165) is 11.1 Å². The Bertz CT molecular complexity index is 2610. The number of aryl methyl sites for hydroxylation is 1. The van der Waals surface area contributed by atoms with Gasteiger partial charge in [0, 0.05) is 84.1 Å². The summed E-state index contributed by atoms with van der Waals surface area (Å²) in [5.74, 6) is -7.17. The Morgan fingerprint density at radius 1 is 0.851 bits per heavy atom. The molecule has 0 unspecified atom stereocenters. The van der Waals surface area contributed by atoms with Crippen LogP contribution in [0.25, 0.3) is 22.3 Å². The van der Waals surface area contributed by atoms with Crippen molar-refractivity contribution in [1.82, 2.24) is 20.4 Å². The van der Waals surface area contributed by atoms with Crippen LogP contribution >= 0.6 is 11.6 Å². The summed E-state index contributed by atoms with van der Waals surface area (Å²) in [6.45, 7) is 3.38. The number of phenols is 2. The molecule has 2 amide bonds. The summed E-state index contributed by atoms with van der Waals surface area (Å²) in [5, 5.41) is 32.3. The molecule has 1 aromatic heterocycles. The van der Waals surface area contributed by atoms with Gasteiger partial charge in [-0.2, -0.15) is 5.10 Å². The largest absolute Gasteiger partial charge is 0.507 e. The zero-order valence-corrected chi connectivity index (χ0v) is 38.6. The maximum absolute atomic E-state index is 14.7. The van der Waals surface area contributed by atoms with Crippen molar-refractivity contribution in [2.45, 2.75) is 83.7 Å². The van der Waals surface area contributed by atoms with Crippen molar-refractivity contribution in [3.8, 4) is 33.8 Å². The highest BCUT2D eigenvalue weighted by atomic mass is 35.5. The second-order valence-electron chi connectivity index (χ2n) is 17.5. The summed E-state index contributed by atoms with van der Waals surface area (Å²) < 4.78 is 0. The van der Waals surface area contributed by atoms with Gasteiger partial charge in [0.25, 0.3) is 0 Å². The molecule has 4 aromatic carbocycles. The fraction of sp³-hybridized carbons (Fsp3) is 0.346. The van der Waals surface area contributed by atoms with Crippen molar-refractivity contribution in [1.29, 1.82) is 0 Å². The van der Waals surface area contributed by atoms with Crippen molar-refractivity contribution in [3.05, 3.63) is 125 Å². The van der Waals surface area contributed by atoms with Gasteiger partial charge in [-0.05, 0) is 96.9 Å². The van der Waals surface area contributed by atoms with E-state index < -0.39 is 64.8 Å². The van der Waals surface area contributed by atoms with Crippen molar-refractivity contribution in [3.63, 3.8) is 0 Å². The van der Waals surface area contributed by atoms with Crippen LogP contribution in [0.4, 0.5) is 0 Å². The minimum absolute atomic E-state index is 0.0781. The predicted octanol–water partition coefficient (Wildman–Crippen LogP) is 7.33. The van der Waals surface area contributed by atoms with Crippen LogP contribution in [0.1, 0.15) is 92.0 Å². The fourth-order valence-corrected chi connectivity index (χ4v) is 8.62. The highest BCUT2D eigenvalue weighted by molar-refractivity contribution is 6.38. The molecule has 6 N–H and O–H groups in total. The molecule has 350 valence electrons. The Morgan fingerprint density at radius 3 is 2.16 bits per heavy atom. The van der Waals surface area contributed by atoms with Gasteiger partial charge in [-0.1, -0.05) is 80.4 Å². The first kappa shape index (κ1) is 49.7. The van der Waals surface area contributed by atoms with E-state index in [1.807, 2.05) is 24.3 Å². The summed E-state index contributed by atoms with van der Waals surface area (Å²) in [6.07, 6.45) is 2.18. The van der Waals surface area contributed by atoms with Crippen LogP contribution in [0.2, 0.25) is 5.02 Å². The average Bonchev–Trinajstić information content (AvgIpc) is 3.85. The molecule has 0 radical (unpaired) electrons. The van der Waals surface area contributed by atoms with Gasteiger partial charge >= 0.3 is 0 Å². The molecule has 0 fully saturated rings. The number of ketones is 5. The molecule has 15 heteroatoms. The number of aromatic nitrogens is 2. The zero-order valence-electron chi connectivity index (χ0n) is 37.8. The third-order valence-electron chi connectivity index (χ3n) is 12.4. The number of fused-ring (bicyclic) bond motifs is 5. The van der Waals surface area contributed by atoms with Gasteiger partial charge < -0.3 is 26.2 Å². The maximum Gasteiger partial charge on any atom is 0.226 e. The number of hydrogen-bond donors (Lipinski definition) is 5. The van der Waals surface area contributed by atoms with Crippen LogP contribution in [0.15, 0.2) is 97.2 Å². The van der Waals surface area contributed by atoms with Crippen LogP contribution in [0.5, 0.6) is 11.5 Å². The number of unbranched alkanes of at least 4 members (excludes halogenated alkanes) is 1. The summed E-state index contributed by atoms with van der Waals surface area (Å²) in [7, 11) is 1.46. The second kappa shape index (κ2) is 22.6. The van der Waals surface area contributed by atoms with Crippen molar-refractivity contribution in [2.75, 3.05) is 13.6 Å². The van der Waals surface area contributed by atoms with E-state index in [9.17, 15) is 43.8 Å². The summed E-state index contributed by atoms with van der Waals surface area (Å²) in [4.78, 5) is 98.4. The number of nitrogens with zero attached hydrogens (tertiary/aromatic N) is 2. The normalized spacial score (nSPS) is 17.1. The van der Waals surface area contributed by atoms with Gasteiger partial charge in [0.15, 0.2) is 23.1 Å². The lowest BCUT2D eigenvalue weighted by atomic mass is 9.87. The molecule has 0 aliphatic carbocycles. The molecule has 67 heavy (non-hydrogen) atoms. The first-order valence-corrected chi connectivity index (χ1v) is 22.8. The molecule has 0 spiro atoms. The Labute approximate surface area is 394 Å². The number of likely N-dealkylation sites (N-methyl/N-ethyl adjacent to an activating group) is 1. The zero-order chi connectivity index (χ0) is 48.4. The third-order valence-corrected chi connectivity index (χ3v) is 12.7. The SMILES string of the molecule is C[C@@H]1CC(=O)[C@@H](N(C)C(=O)[C@H](CCCCN)CC(=O)c2ccc(-c3ccc(Cl)cc3)cc2)c2ccc(O)c(c2)-c2cc(ccc2O)C[C@@H](C(=O)C[C@@H](C)C(=O)C(=O)CCc2ccn[nH]2)NC1=O. The van der Waals surface area contributed by atoms with Gasteiger partial charge in [0.05, 0.1) is 6.04 Å². The van der Waals surface area contributed by atoms with E-state index >= 15 is 0 Å². The first-order chi connectivity index (χ1) is 32.0. The number of carbonyl (C=O) groups is 7. The molecule has 1 aliphatic heterocycles. The Morgan fingerprint density at radius 2 is 1.51 bits per heavy atom. The molecule has 5 aromatic rings. The molecule has 5 atom stereocenters. The topological polar surface area (TPSA) is 230 Å². The number of benzene rings is 4. The highest BCUT2D eigenvalue weighted by Crippen LogP contribution is 2.40. The monoisotopic (exact) mass is 929 g/mol. The lowest BCUT2D eigenvalue weighted by molar-refractivity contribution is -0.142. The van der Waals surface area contributed by atoms with E-state index in [4.69, 9.17) is 17.3 Å². The molecule has 4 bridgehead atoms. The molecular weight excluding hydrogens is 874 g/mol. The van der Waals surface area contributed by atoms with Crippen LogP contribution in [0, 0.1) is 17.8 Å². The number of rotatable bonds is 18. The maximum atomic E-state index is 14.7. The lowest BCUT2D eigenvalue weighted by Gasteiger charge is -2.32. The number of nitrogens with one attached hydrogen (secondary N) is 2. The average molecular weight is 930 g/mol. The number of aromatic amines is 1. The van der Waals surface area contributed by atoms with E-state index in [1.54, 1.807) is 42.5 Å². The van der Waals surface area contributed by atoms with Crippen molar-refractivity contribution < 1.29 is 43.8 Å². The number of halogens is 1. The van der Waals surface area contributed by atoms with Gasteiger partial charge in [0.1, 0.15) is 17.5 Å². The van der Waals surface area contributed by atoms with Gasteiger partial charge in [0.2, 0.25) is 17.6 Å². The number of Topliss-reactive ketones (excluding diaryl/α,β-unsaturated/α-hetero) is 5. The summed E-state index contributed by atoms with van der Waals surface area (Å²) >= 11 is 6.06. The number of carbonyl (C=O) groups excluding carboxylic acids is 7. The quantitative estimate of drug-likeness (QED) is 0.0332. The third kappa shape index (κ3) is 12.6. The van der Waals surface area contributed by atoms with Crippen molar-refractivity contribution in [2.24, 2.45) is 23.5 Å². The minimum Gasteiger partial charge on any atom is -0.507 e. The number of nitrogens with two attached hydrogens (primary N) is 1. The highest BCUT2D eigenvalue weighted by Gasteiger charge is 2.36. The predicted molar refractivity (Wildman–Crippen MR) is 253 cm³/mol. The van der Waals surface area contributed by atoms with Gasteiger partial charge in [-0.3, -0.25) is 38.7 Å². The van der Waals surface area contributed by atoms with E-state index in [-0.39, 0.29) is 66.9 Å². The van der Waals surface area contributed by atoms with Crippen LogP contribution in [0.3, 0.4) is 0 Å². The number of amides is 2. The van der Waals surface area contributed by atoms with Gasteiger partial charge in [-0.25, -0.2) is 0 Å². The van der Waals surface area contributed by atoms with E-state index in [2.05, 4.69) is 15.5 Å².